The Kier molecular flexibility index (Phi) is 7.02. The second-order valence-electron chi connectivity index (χ2n) is 6.65. The van der Waals surface area contributed by atoms with Gasteiger partial charge in [0.1, 0.15) is 6.61 Å². The number of likely N-dealkylation sites (N-methyl/N-ethyl adjacent to an activating group) is 1. The molecular weight excluding hydrogens is 358 g/mol. The van der Waals surface area contributed by atoms with Gasteiger partial charge in [0.25, 0.3) is 0 Å². The number of aromatic nitrogens is 2. The van der Waals surface area contributed by atoms with E-state index in [9.17, 15) is 4.79 Å². The lowest BCUT2D eigenvalue weighted by Crippen LogP contribution is -2.51. The molecule has 0 unspecified atom stereocenters. The summed E-state index contributed by atoms with van der Waals surface area (Å²) in [5, 5.41) is 0. The number of amides is 1. The third-order valence-corrected chi connectivity index (χ3v) is 4.67. The monoisotopic (exact) mass is 385 g/mol. The van der Waals surface area contributed by atoms with E-state index < -0.39 is 0 Å². The van der Waals surface area contributed by atoms with Gasteiger partial charge in [0.2, 0.25) is 11.9 Å². The molecule has 0 radical (unpaired) electrons. The van der Waals surface area contributed by atoms with Crippen LogP contribution in [0.25, 0.3) is 0 Å². The van der Waals surface area contributed by atoms with Gasteiger partial charge >= 0.3 is 0 Å². The third-order valence-electron chi connectivity index (χ3n) is 4.67. The molecule has 0 atom stereocenters. The van der Waals surface area contributed by atoms with Gasteiger partial charge in [-0.3, -0.25) is 9.69 Å². The highest BCUT2D eigenvalue weighted by atomic mass is 16.5. The maximum Gasteiger partial charge on any atom is 0.236 e. The molecule has 0 aliphatic carbocycles. The average Bonchev–Trinajstić information content (AvgIpc) is 2.75. The van der Waals surface area contributed by atoms with Crippen LogP contribution < -0.4 is 14.4 Å². The highest BCUT2D eigenvalue weighted by molar-refractivity contribution is 5.78. The van der Waals surface area contributed by atoms with Crippen molar-refractivity contribution < 1.29 is 14.3 Å². The quantitative estimate of drug-likeness (QED) is 0.675. The smallest absolute Gasteiger partial charge is 0.236 e. The molecule has 1 aliphatic rings. The van der Waals surface area contributed by atoms with E-state index in [0.29, 0.717) is 44.3 Å². The molecule has 150 valence electrons. The molecule has 1 saturated heterocycles. The second kappa shape index (κ2) is 9.89. The fourth-order valence-corrected chi connectivity index (χ4v) is 3.07. The molecule has 8 nitrogen and oxygen atoms in total. The first kappa shape index (κ1) is 19.9. The number of para-hydroxylation sites is 2. The summed E-state index contributed by atoms with van der Waals surface area (Å²) in [6.07, 6.45) is 3.48. The second-order valence-corrected chi connectivity index (χ2v) is 6.65. The summed E-state index contributed by atoms with van der Waals surface area (Å²) >= 11 is 0. The Balaban J connectivity index is 1.39. The SMILES string of the molecule is COc1ccccc1OCCN(C)CC(=O)N1CCN(c2ncccn2)CC1. The minimum atomic E-state index is 0.133. The minimum Gasteiger partial charge on any atom is -0.493 e. The van der Waals surface area contributed by atoms with Gasteiger partial charge in [-0.1, -0.05) is 12.1 Å². The number of carbonyl (C=O) groups is 1. The summed E-state index contributed by atoms with van der Waals surface area (Å²) in [5.74, 6) is 2.28. The minimum absolute atomic E-state index is 0.133. The highest BCUT2D eigenvalue weighted by Crippen LogP contribution is 2.25. The molecular formula is C20H27N5O3. The van der Waals surface area contributed by atoms with Crippen molar-refractivity contribution in [3.63, 3.8) is 0 Å². The van der Waals surface area contributed by atoms with Crippen LogP contribution in [0.15, 0.2) is 42.7 Å². The average molecular weight is 385 g/mol. The van der Waals surface area contributed by atoms with E-state index in [4.69, 9.17) is 9.47 Å². The van der Waals surface area contributed by atoms with E-state index in [1.54, 1.807) is 25.6 Å². The van der Waals surface area contributed by atoms with E-state index in [-0.39, 0.29) is 5.91 Å². The number of methoxy groups -OCH3 is 1. The summed E-state index contributed by atoms with van der Waals surface area (Å²) in [6, 6.07) is 9.35. The van der Waals surface area contributed by atoms with Crippen LogP contribution in [0.3, 0.4) is 0 Å². The molecule has 3 rings (SSSR count). The Hall–Kier alpha value is -2.87. The summed E-state index contributed by atoms with van der Waals surface area (Å²) in [7, 11) is 3.55. The first-order chi connectivity index (χ1) is 13.7. The van der Waals surface area contributed by atoms with Crippen LogP contribution in [0.5, 0.6) is 11.5 Å². The molecule has 0 spiro atoms. The number of hydrogen-bond acceptors (Lipinski definition) is 7. The van der Waals surface area contributed by atoms with Crippen molar-refractivity contribution in [2.75, 3.05) is 64.9 Å². The molecule has 8 heteroatoms. The maximum atomic E-state index is 12.6. The van der Waals surface area contributed by atoms with Crippen molar-refractivity contribution in [1.29, 1.82) is 0 Å². The molecule has 2 heterocycles. The molecule has 1 aromatic heterocycles. The maximum absolute atomic E-state index is 12.6. The van der Waals surface area contributed by atoms with Crippen molar-refractivity contribution in [3.05, 3.63) is 42.7 Å². The summed E-state index contributed by atoms with van der Waals surface area (Å²) in [4.78, 5) is 27.1. The largest absolute Gasteiger partial charge is 0.493 e. The van der Waals surface area contributed by atoms with Gasteiger partial charge < -0.3 is 19.3 Å². The van der Waals surface area contributed by atoms with E-state index >= 15 is 0 Å². The number of piperazine rings is 1. The number of rotatable bonds is 8. The predicted octanol–water partition coefficient (Wildman–Crippen LogP) is 1.14. The lowest BCUT2D eigenvalue weighted by Gasteiger charge is -2.35. The van der Waals surface area contributed by atoms with Crippen LogP contribution in [0, 0.1) is 0 Å². The fraction of sp³-hybridized carbons (Fsp3) is 0.450. The predicted molar refractivity (Wildman–Crippen MR) is 107 cm³/mol. The standard InChI is InChI=1S/C20H27N5O3/c1-23(14-15-28-18-7-4-3-6-17(18)27-2)16-19(26)24-10-12-25(13-11-24)20-21-8-5-9-22-20/h3-9H,10-16H2,1-2H3. The zero-order valence-electron chi connectivity index (χ0n) is 16.5. The number of carbonyl (C=O) groups excluding carboxylic acids is 1. The first-order valence-corrected chi connectivity index (χ1v) is 9.41. The molecule has 0 bridgehead atoms. The lowest BCUT2D eigenvalue weighted by molar-refractivity contribution is -0.132. The van der Waals surface area contributed by atoms with Crippen molar-refractivity contribution >= 4 is 11.9 Å². The zero-order chi connectivity index (χ0) is 19.8. The van der Waals surface area contributed by atoms with Crippen LogP contribution in [0.2, 0.25) is 0 Å². The van der Waals surface area contributed by atoms with Gasteiger partial charge in [0.05, 0.1) is 13.7 Å². The van der Waals surface area contributed by atoms with E-state index in [2.05, 4.69) is 14.9 Å². The molecule has 2 aromatic rings. The third kappa shape index (κ3) is 5.32. The van der Waals surface area contributed by atoms with Crippen molar-refractivity contribution in [1.82, 2.24) is 19.8 Å². The Labute approximate surface area is 165 Å². The van der Waals surface area contributed by atoms with Crippen molar-refractivity contribution in [2.24, 2.45) is 0 Å². The Morgan fingerprint density at radius 3 is 2.43 bits per heavy atom. The number of nitrogens with zero attached hydrogens (tertiary/aromatic N) is 5. The van der Waals surface area contributed by atoms with E-state index in [1.165, 1.54) is 0 Å². The van der Waals surface area contributed by atoms with Gasteiger partial charge in [0, 0.05) is 45.1 Å². The fourth-order valence-electron chi connectivity index (χ4n) is 3.07. The molecule has 0 saturated carbocycles. The van der Waals surface area contributed by atoms with E-state index in [1.807, 2.05) is 41.1 Å². The van der Waals surface area contributed by atoms with Gasteiger partial charge in [-0.2, -0.15) is 0 Å². The van der Waals surface area contributed by atoms with Gasteiger partial charge in [-0.05, 0) is 25.2 Å². The van der Waals surface area contributed by atoms with Crippen LogP contribution in [0.1, 0.15) is 0 Å². The number of benzene rings is 1. The Bertz CT molecular complexity index is 751. The Morgan fingerprint density at radius 2 is 1.75 bits per heavy atom. The lowest BCUT2D eigenvalue weighted by atomic mass is 10.3. The van der Waals surface area contributed by atoms with Gasteiger partial charge in [-0.25, -0.2) is 9.97 Å². The molecule has 1 aliphatic heterocycles. The number of hydrogen-bond donors (Lipinski definition) is 0. The van der Waals surface area contributed by atoms with Crippen LogP contribution in [0.4, 0.5) is 5.95 Å². The topological polar surface area (TPSA) is 71.0 Å². The van der Waals surface area contributed by atoms with Gasteiger partial charge in [0.15, 0.2) is 11.5 Å². The summed E-state index contributed by atoms with van der Waals surface area (Å²) < 4.78 is 11.1. The molecule has 1 aromatic carbocycles. The summed E-state index contributed by atoms with van der Waals surface area (Å²) in [5.41, 5.74) is 0. The van der Waals surface area contributed by atoms with Crippen LogP contribution in [-0.4, -0.2) is 85.7 Å². The van der Waals surface area contributed by atoms with E-state index in [0.717, 1.165) is 19.0 Å². The van der Waals surface area contributed by atoms with Gasteiger partial charge in [-0.15, -0.1) is 0 Å². The zero-order valence-corrected chi connectivity index (χ0v) is 16.5. The molecule has 1 amide bonds. The van der Waals surface area contributed by atoms with Crippen molar-refractivity contribution in [3.8, 4) is 11.5 Å². The summed E-state index contributed by atoms with van der Waals surface area (Å²) in [6.45, 7) is 4.38. The number of anilines is 1. The molecule has 28 heavy (non-hydrogen) atoms. The normalized spacial score (nSPS) is 14.2. The highest BCUT2D eigenvalue weighted by Gasteiger charge is 2.23. The molecule has 1 fully saturated rings. The first-order valence-electron chi connectivity index (χ1n) is 9.41. The molecule has 0 N–H and O–H groups in total. The van der Waals surface area contributed by atoms with Crippen molar-refractivity contribution in [2.45, 2.75) is 0 Å². The number of ether oxygens (including phenoxy) is 2. The Morgan fingerprint density at radius 1 is 1.07 bits per heavy atom. The van der Waals surface area contributed by atoms with Crippen LogP contribution in [-0.2, 0) is 4.79 Å². The van der Waals surface area contributed by atoms with Crippen LogP contribution >= 0.6 is 0 Å².